The van der Waals surface area contributed by atoms with Gasteiger partial charge in [0, 0.05) is 0 Å². The van der Waals surface area contributed by atoms with Gasteiger partial charge >= 0.3 is 5.97 Å². The predicted molar refractivity (Wildman–Crippen MR) is 119 cm³/mol. The van der Waals surface area contributed by atoms with E-state index in [0.29, 0.717) is 18.1 Å². The minimum absolute atomic E-state index is 0.00301. The van der Waals surface area contributed by atoms with Gasteiger partial charge < -0.3 is 13.9 Å². The Kier molecular flexibility index (Phi) is 6.60. The van der Waals surface area contributed by atoms with Gasteiger partial charge in [0.05, 0.1) is 18.6 Å². The average Bonchev–Trinajstić information content (AvgIpc) is 3.39. The number of methoxy groups -OCH3 is 1. The van der Waals surface area contributed by atoms with Crippen LogP contribution in [-0.2, 0) is 22.7 Å². The molecule has 1 fully saturated rings. The van der Waals surface area contributed by atoms with Crippen molar-refractivity contribution in [3.63, 3.8) is 0 Å². The van der Waals surface area contributed by atoms with Crippen molar-refractivity contribution < 1.29 is 32.7 Å². The van der Waals surface area contributed by atoms with Gasteiger partial charge in [-0.15, -0.1) is 0 Å². The van der Waals surface area contributed by atoms with E-state index in [-0.39, 0.29) is 23.0 Å². The maximum Gasteiger partial charge on any atom is 0.373 e. The van der Waals surface area contributed by atoms with Gasteiger partial charge in [0.2, 0.25) is 5.76 Å². The van der Waals surface area contributed by atoms with Crippen LogP contribution in [0, 0.1) is 5.82 Å². The number of thioether (sulfide) groups is 1. The van der Waals surface area contributed by atoms with E-state index >= 15 is 0 Å². The van der Waals surface area contributed by atoms with Crippen molar-refractivity contribution in [2.75, 3.05) is 7.11 Å². The van der Waals surface area contributed by atoms with Gasteiger partial charge in [-0.3, -0.25) is 14.5 Å². The summed E-state index contributed by atoms with van der Waals surface area (Å²) in [5.41, 5.74) is 1.56. The molecule has 9 heteroatoms. The zero-order chi connectivity index (χ0) is 23.4. The molecule has 4 rings (SSSR count). The number of furan rings is 1. The number of nitrogens with zero attached hydrogens (tertiary/aromatic N) is 1. The molecular formula is C24H18FNO6S. The number of carbonyl (C=O) groups excluding carboxylic acids is 3. The summed E-state index contributed by atoms with van der Waals surface area (Å²) in [5.74, 6) is -0.484. The van der Waals surface area contributed by atoms with Crippen LogP contribution in [0.15, 0.2) is 70.0 Å². The summed E-state index contributed by atoms with van der Waals surface area (Å²) in [6, 6.07) is 16.0. The van der Waals surface area contributed by atoms with Crippen molar-refractivity contribution in [3.8, 4) is 5.75 Å². The van der Waals surface area contributed by atoms with Crippen LogP contribution in [0.4, 0.5) is 9.18 Å². The van der Waals surface area contributed by atoms with Gasteiger partial charge in [-0.25, -0.2) is 9.18 Å². The standard InChI is InChI=1S/C24H18FNO6S/c1-30-23(28)20-11-10-19(32-20)13-26-22(27)21(33-24(26)29)12-15-4-8-18(9-5-15)31-14-16-2-6-17(25)7-3-16/h2-12H,13-14H2,1H3/b21-12+. The second kappa shape index (κ2) is 9.74. The molecule has 0 spiro atoms. The fourth-order valence-electron chi connectivity index (χ4n) is 3.02. The quantitative estimate of drug-likeness (QED) is 0.356. The van der Waals surface area contributed by atoms with Crippen LogP contribution in [0.1, 0.15) is 27.4 Å². The number of hydrogen-bond donors (Lipinski definition) is 0. The van der Waals surface area contributed by atoms with Crippen LogP contribution in [0.3, 0.4) is 0 Å². The van der Waals surface area contributed by atoms with E-state index in [9.17, 15) is 18.8 Å². The first-order valence-corrected chi connectivity index (χ1v) is 10.6. The highest BCUT2D eigenvalue weighted by atomic mass is 32.2. The summed E-state index contributed by atoms with van der Waals surface area (Å²) in [5, 5.41) is -0.429. The van der Waals surface area contributed by atoms with E-state index < -0.39 is 17.1 Å². The van der Waals surface area contributed by atoms with Crippen molar-refractivity contribution in [1.82, 2.24) is 4.90 Å². The monoisotopic (exact) mass is 467 g/mol. The third-order valence-electron chi connectivity index (χ3n) is 4.73. The Morgan fingerprint density at radius 1 is 1.06 bits per heavy atom. The van der Waals surface area contributed by atoms with E-state index in [1.807, 2.05) is 0 Å². The van der Waals surface area contributed by atoms with Gasteiger partial charge in [0.1, 0.15) is 23.9 Å². The molecule has 33 heavy (non-hydrogen) atoms. The number of rotatable bonds is 7. The third kappa shape index (κ3) is 5.32. The number of esters is 1. The van der Waals surface area contributed by atoms with E-state index in [2.05, 4.69) is 4.74 Å². The first kappa shape index (κ1) is 22.3. The summed E-state index contributed by atoms with van der Waals surface area (Å²) in [7, 11) is 1.23. The number of benzene rings is 2. The van der Waals surface area contributed by atoms with Gasteiger partial charge in [-0.05, 0) is 65.4 Å². The Morgan fingerprint density at radius 2 is 1.79 bits per heavy atom. The molecule has 2 amide bonds. The number of carbonyl (C=O) groups is 3. The molecular weight excluding hydrogens is 449 g/mol. The van der Waals surface area contributed by atoms with Gasteiger partial charge in [0.15, 0.2) is 0 Å². The van der Waals surface area contributed by atoms with E-state index in [4.69, 9.17) is 9.15 Å². The van der Waals surface area contributed by atoms with Crippen molar-refractivity contribution in [2.24, 2.45) is 0 Å². The van der Waals surface area contributed by atoms with Gasteiger partial charge in [-0.1, -0.05) is 24.3 Å². The SMILES string of the molecule is COC(=O)c1ccc(CN2C(=O)S/C(=C/c3ccc(OCc4ccc(F)cc4)cc3)C2=O)o1. The van der Waals surface area contributed by atoms with Crippen molar-refractivity contribution in [2.45, 2.75) is 13.2 Å². The average molecular weight is 467 g/mol. The van der Waals surface area contributed by atoms with Crippen molar-refractivity contribution >= 4 is 35.0 Å². The fourth-order valence-corrected chi connectivity index (χ4v) is 3.86. The maximum atomic E-state index is 13.0. The molecule has 0 aliphatic carbocycles. The number of ether oxygens (including phenoxy) is 2. The summed E-state index contributed by atoms with van der Waals surface area (Å²) < 4.78 is 28.6. The van der Waals surface area contributed by atoms with Crippen LogP contribution in [-0.4, -0.2) is 29.1 Å². The Bertz CT molecular complexity index is 1220. The molecule has 1 aliphatic heterocycles. The molecule has 0 radical (unpaired) electrons. The van der Waals surface area contributed by atoms with Crippen LogP contribution in [0.25, 0.3) is 6.08 Å². The Labute approximate surface area is 192 Å². The Morgan fingerprint density at radius 3 is 2.48 bits per heavy atom. The van der Waals surface area contributed by atoms with Gasteiger partial charge in [-0.2, -0.15) is 0 Å². The number of halogens is 1. The molecule has 0 unspecified atom stereocenters. The van der Waals surface area contributed by atoms with Gasteiger partial charge in [0.25, 0.3) is 11.1 Å². The molecule has 1 aromatic heterocycles. The van der Waals surface area contributed by atoms with E-state index in [1.54, 1.807) is 42.5 Å². The molecule has 3 aromatic rings. The lowest BCUT2D eigenvalue weighted by molar-refractivity contribution is -0.123. The summed E-state index contributed by atoms with van der Waals surface area (Å²) in [6.07, 6.45) is 1.62. The van der Waals surface area contributed by atoms with Crippen molar-refractivity contribution in [3.05, 3.63) is 94.0 Å². The van der Waals surface area contributed by atoms with Crippen LogP contribution in [0.2, 0.25) is 0 Å². The lowest BCUT2D eigenvalue weighted by Crippen LogP contribution is -2.27. The molecule has 7 nitrogen and oxygen atoms in total. The number of amides is 2. The molecule has 1 aliphatic rings. The lowest BCUT2D eigenvalue weighted by atomic mass is 10.2. The normalized spacial score (nSPS) is 14.7. The molecule has 0 bridgehead atoms. The van der Waals surface area contributed by atoms with Crippen LogP contribution >= 0.6 is 11.8 Å². The topological polar surface area (TPSA) is 86.0 Å². The molecule has 168 valence electrons. The summed E-state index contributed by atoms with van der Waals surface area (Å²) in [4.78, 5) is 37.9. The molecule has 0 atom stereocenters. The third-order valence-corrected chi connectivity index (χ3v) is 5.64. The highest BCUT2D eigenvalue weighted by Gasteiger charge is 2.35. The number of imide groups is 1. The minimum atomic E-state index is -0.639. The zero-order valence-electron chi connectivity index (χ0n) is 17.4. The number of hydrogen-bond acceptors (Lipinski definition) is 7. The van der Waals surface area contributed by atoms with E-state index in [1.165, 1.54) is 31.4 Å². The Hall–Kier alpha value is -3.85. The zero-order valence-corrected chi connectivity index (χ0v) is 18.3. The Balaban J connectivity index is 1.39. The molecule has 0 N–H and O–H groups in total. The van der Waals surface area contributed by atoms with Crippen LogP contribution < -0.4 is 4.74 Å². The smallest absolute Gasteiger partial charge is 0.373 e. The maximum absolute atomic E-state index is 13.0. The van der Waals surface area contributed by atoms with E-state index in [0.717, 1.165) is 27.8 Å². The molecule has 2 aromatic carbocycles. The fraction of sp³-hybridized carbons (Fsp3) is 0.125. The van der Waals surface area contributed by atoms with Crippen molar-refractivity contribution in [1.29, 1.82) is 0 Å². The molecule has 0 saturated carbocycles. The highest BCUT2D eigenvalue weighted by molar-refractivity contribution is 8.18. The summed E-state index contributed by atoms with van der Waals surface area (Å²) in [6.45, 7) is 0.206. The molecule has 2 heterocycles. The molecule has 1 saturated heterocycles. The lowest BCUT2D eigenvalue weighted by Gasteiger charge is -2.10. The highest BCUT2D eigenvalue weighted by Crippen LogP contribution is 2.33. The first-order chi connectivity index (χ1) is 15.9. The second-order valence-electron chi connectivity index (χ2n) is 7.01. The largest absolute Gasteiger partial charge is 0.489 e. The second-order valence-corrected chi connectivity index (χ2v) is 8.00. The minimum Gasteiger partial charge on any atom is -0.489 e. The summed E-state index contributed by atoms with van der Waals surface area (Å²) >= 11 is 0.830. The predicted octanol–water partition coefficient (Wildman–Crippen LogP) is 5.02. The van der Waals surface area contributed by atoms with Crippen LogP contribution in [0.5, 0.6) is 5.75 Å². The first-order valence-electron chi connectivity index (χ1n) is 9.82.